The van der Waals surface area contributed by atoms with E-state index in [0.717, 1.165) is 49.1 Å². The lowest BCUT2D eigenvalue weighted by atomic mass is 9.83. The molecular weight excluding hydrogens is 593 g/mol. The molecule has 1 fully saturated rings. The standard InChI is InChI=1S/C31H36FN3O6S2/c1-19(2)18-41-31(38)33-24-16-27(42-29(24)30(36)37)22-14-28-25(15-23(22)32)35(21-12-8-5-9-13-21)17-26(34(3)43(28,39)40)20-10-6-4-7-11-20/h5,8-9,12-16,19-20,26H,4,6-7,10-11,17-18H2,1-3H3,(H,33,38)(H,36,37)/t26-/m0/s1. The largest absolute Gasteiger partial charge is 0.477 e. The van der Waals surface area contributed by atoms with E-state index in [9.17, 15) is 23.1 Å². The molecule has 1 aliphatic heterocycles. The van der Waals surface area contributed by atoms with E-state index in [0.29, 0.717) is 6.54 Å². The Morgan fingerprint density at radius 3 is 2.47 bits per heavy atom. The summed E-state index contributed by atoms with van der Waals surface area (Å²) in [5, 5.41) is 12.2. The van der Waals surface area contributed by atoms with E-state index in [1.165, 1.54) is 22.5 Å². The number of carbonyl (C=O) groups excluding carboxylic acids is 1. The van der Waals surface area contributed by atoms with Gasteiger partial charge in [0, 0.05) is 35.8 Å². The van der Waals surface area contributed by atoms with E-state index in [4.69, 9.17) is 4.74 Å². The van der Waals surface area contributed by atoms with Crippen molar-refractivity contribution in [3.63, 3.8) is 0 Å². The van der Waals surface area contributed by atoms with E-state index in [1.807, 2.05) is 49.1 Å². The number of carboxylic acid groups (broad SMARTS) is 1. The molecule has 1 aliphatic carbocycles. The van der Waals surface area contributed by atoms with Crippen molar-refractivity contribution in [2.24, 2.45) is 11.8 Å². The monoisotopic (exact) mass is 629 g/mol. The van der Waals surface area contributed by atoms with E-state index in [2.05, 4.69) is 5.32 Å². The number of nitrogens with zero attached hydrogens (tertiary/aromatic N) is 2. The summed E-state index contributed by atoms with van der Waals surface area (Å²) in [4.78, 5) is 26.1. The third-order valence-corrected chi connectivity index (χ3v) is 11.1. The normalized spacial score (nSPS) is 19.1. The van der Waals surface area contributed by atoms with Gasteiger partial charge < -0.3 is 14.7 Å². The van der Waals surface area contributed by atoms with Crippen LogP contribution in [0.3, 0.4) is 0 Å². The predicted molar refractivity (Wildman–Crippen MR) is 165 cm³/mol. The van der Waals surface area contributed by atoms with E-state index >= 15 is 4.39 Å². The molecule has 2 aliphatic rings. The van der Waals surface area contributed by atoms with Gasteiger partial charge in [-0.2, -0.15) is 4.31 Å². The molecule has 1 saturated carbocycles. The fourth-order valence-corrected chi connectivity index (χ4v) is 8.44. The minimum Gasteiger partial charge on any atom is -0.477 e. The zero-order valence-electron chi connectivity index (χ0n) is 24.4. The van der Waals surface area contributed by atoms with Crippen LogP contribution in [0.5, 0.6) is 0 Å². The number of carbonyl (C=O) groups is 2. The van der Waals surface area contributed by atoms with Crippen molar-refractivity contribution in [2.75, 3.05) is 30.4 Å². The highest BCUT2D eigenvalue weighted by Crippen LogP contribution is 2.45. The number of thiophene rings is 1. The Morgan fingerprint density at radius 1 is 1.12 bits per heavy atom. The van der Waals surface area contributed by atoms with E-state index in [1.54, 1.807) is 7.05 Å². The second-order valence-electron chi connectivity index (χ2n) is 11.5. The summed E-state index contributed by atoms with van der Waals surface area (Å²) >= 11 is 0.747. The van der Waals surface area contributed by atoms with E-state index < -0.39 is 27.9 Å². The number of nitrogens with one attached hydrogen (secondary N) is 1. The summed E-state index contributed by atoms with van der Waals surface area (Å²) in [5.41, 5.74) is 0.843. The molecule has 3 aromatic rings. The van der Waals surface area contributed by atoms with Crippen LogP contribution in [0.15, 0.2) is 53.4 Å². The van der Waals surface area contributed by atoms with Gasteiger partial charge in [0.25, 0.3) is 0 Å². The van der Waals surface area contributed by atoms with Crippen molar-refractivity contribution in [3.8, 4) is 10.4 Å². The molecule has 0 spiro atoms. The lowest BCUT2D eigenvalue weighted by Gasteiger charge is -2.36. The number of sulfonamides is 1. The molecule has 1 atom stereocenters. The lowest BCUT2D eigenvalue weighted by Crippen LogP contribution is -2.46. The molecule has 2 heterocycles. The highest BCUT2D eigenvalue weighted by Gasteiger charge is 2.41. The Hall–Kier alpha value is -3.48. The Balaban J connectivity index is 1.61. The minimum atomic E-state index is -4.07. The molecule has 0 bridgehead atoms. The number of amides is 1. The van der Waals surface area contributed by atoms with Gasteiger partial charge in [0.15, 0.2) is 0 Å². The topological polar surface area (TPSA) is 116 Å². The molecule has 1 amide bonds. The van der Waals surface area contributed by atoms with Gasteiger partial charge >= 0.3 is 12.1 Å². The van der Waals surface area contributed by atoms with Gasteiger partial charge in [-0.05, 0) is 55.0 Å². The van der Waals surface area contributed by atoms with Gasteiger partial charge in [-0.25, -0.2) is 22.4 Å². The molecule has 9 nitrogen and oxygen atoms in total. The van der Waals surface area contributed by atoms with Crippen LogP contribution in [0.2, 0.25) is 0 Å². The van der Waals surface area contributed by atoms with Crippen LogP contribution in [-0.2, 0) is 14.8 Å². The zero-order valence-corrected chi connectivity index (χ0v) is 26.0. The number of carboxylic acids is 1. The molecule has 43 heavy (non-hydrogen) atoms. The number of rotatable bonds is 7. The minimum absolute atomic E-state index is 0.0566. The average Bonchev–Trinajstić information content (AvgIpc) is 3.37. The maximum Gasteiger partial charge on any atom is 0.411 e. The van der Waals surface area contributed by atoms with Crippen LogP contribution >= 0.6 is 11.3 Å². The van der Waals surface area contributed by atoms with Crippen LogP contribution in [0.1, 0.15) is 55.6 Å². The number of likely N-dealkylation sites (N-methyl/N-ethyl adjacent to an activating group) is 1. The summed E-state index contributed by atoms with van der Waals surface area (Å²) < 4.78 is 51.0. The predicted octanol–water partition coefficient (Wildman–Crippen LogP) is 7.18. The van der Waals surface area contributed by atoms with Crippen molar-refractivity contribution >= 4 is 50.5 Å². The summed E-state index contributed by atoms with van der Waals surface area (Å²) in [5.74, 6) is -1.79. The van der Waals surface area contributed by atoms with Crippen LogP contribution in [-0.4, -0.2) is 56.1 Å². The lowest BCUT2D eigenvalue weighted by molar-refractivity contribution is 0.0703. The summed E-state index contributed by atoms with van der Waals surface area (Å²) in [6.45, 7) is 4.23. The first kappa shape index (κ1) is 31.0. The Bertz CT molecular complexity index is 1600. The van der Waals surface area contributed by atoms with Gasteiger partial charge in [0.05, 0.1) is 18.0 Å². The molecule has 5 rings (SSSR count). The van der Waals surface area contributed by atoms with Crippen molar-refractivity contribution in [1.82, 2.24) is 4.31 Å². The average molecular weight is 630 g/mol. The van der Waals surface area contributed by atoms with Crippen LogP contribution in [0, 0.1) is 17.7 Å². The number of fused-ring (bicyclic) bond motifs is 1. The number of hydrogen-bond acceptors (Lipinski definition) is 7. The first-order chi connectivity index (χ1) is 20.5. The molecule has 230 valence electrons. The van der Waals surface area contributed by atoms with E-state index in [-0.39, 0.29) is 56.1 Å². The fraction of sp³-hybridized carbons (Fsp3) is 0.419. The SMILES string of the molecule is CC(C)COC(=O)Nc1cc(-c2cc3c(cc2F)N(c2ccccc2)C[C@@H](C2CCCCC2)N(C)S3(=O)=O)sc1C(=O)O. The van der Waals surface area contributed by atoms with Gasteiger partial charge in [0.2, 0.25) is 10.0 Å². The Labute approximate surface area is 255 Å². The first-order valence-corrected chi connectivity index (χ1v) is 16.7. The second-order valence-corrected chi connectivity index (χ2v) is 14.5. The highest BCUT2D eigenvalue weighted by atomic mass is 32.2. The number of hydrogen-bond donors (Lipinski definition) is 2. The first-order valence-electron chi connectivity index (χ1n) is 14.4. The van der Waals surface area contributed by atoms with Gasteiger partial charge in [0.1, 0.15) is 15.6 Å². The summed E-state index contributed by atoms with van der Waals surface area (Å²) in [7, 11) is -2.48. The van der Waals surface area contributed by atoms with Crippen molar-refractivity contribution in [1.29, 1.82) is 0 Å². The van der Waals surface area contributed by atoms with Crippen molar-refractivity contribution in [2.45, 2.75) is 56.9 Å². The second kappa shape index (κ2) is 12.6. The number of anilines is 3. The molecule has 0 saturated heterocycles. The summed E-state index contributed by atoms with van der Waals surface area (Å²) in [6, 6.07) is 12.9. The number of para-hydroxylation sites is 1. The molecular formula is C31H36FN3O6S2. The molecule has 2 aromatic carbocycles. The number of halogens is 1. The molecule has 0 radical (unpaired) electrons. The van der Waals surface area contributed by atoms with Crippen molar-refractivity contribution < 1.29 is 32.2 Å². The number of aromatic carboxylic acids is 1. The van der Waals surface area contributed by atoms with Gasteiger partial charge in [-0.3, -0.25) is 5.32 Å². The van der Waals surface area contributed by atoms with Gasteiger partial charge in [-0.15, -0.1) is 11.3 Å². The third kappa shape index (κ3) is 6.41. The number of benzene rings is 2. The summed E-state index contributed by atoms with van der Waals surface area (Å²) in [6.07, 6.45) is 4.22. The van der Waals surface area contributed by atoms with Gasteiger partial charge in [-0.1, -0.05) is 51.3 Å². The highest BCUT2D eigenvalue weighted by molar-refractivity contribution is 7.89. The van der Waals surface area contributed by atoms with Crippen LogP contribution in [0.4, 0.5) is 26.2 Å². The fourth-order valence-electron chi connectivity index (χ4n) is 5.86. The number of ether oxygens (including phenoxy) is 1. The van der Waals surface area contributed by atoms with Crippen molar-refractivity contribution in [3.05, 3.63) is 59.2 Å². The Kier molecular flexibility index (Phi) is 9.10. The maximum atomic E-state index is 16.0. The smallest absolute Gasteiger partial charge is 0.411 e. The quantitative estimate of drug-likeness (QED) is 0.284. The van der Waals surface area contributed by atoms with Crippen LogP contribution < -0.4 is 10.2 Å². The van der Waals surface area contributed by atoms with Crippen LogP contribution in [0.25, 0.3) is 10.4 Å². The molecule has 12 heteroatoms. The molecule has 1 aromatic heterocycles. The zero-order chi connectivity index (χ0) is 30.9. The Morgan fingerprint density at radius 2 is 1.81 bits per heavy atom. The molecule has 2 N–H and O–H groups in total. The third-order valence-electron chi connectivity index (χ3n) is 8.07. The maximum absolute atomic E-state index is 16.0. The molecule has 0 unspecified atom stereocenters.